The van der Waals surface area contributed by atoms with E-state index in [1.54, 1.807) is 0 Å². The molecule has 2 rings (SSSR count). The van der Waals surface area contributed by atoms with Crippen molar-refractivity contribution in [1.82, 2.24) is 0 Å². The molecule has 0 spiro atoms. The molecule has 0 amide bonds. The fourth-order valence-corrected chi connectivity index (χ4v) is 3.62. The highest BCUT2D eigenvalue weighted by molar-refractivity contribution is 6.01. The van der Waals surface area contributed by atoms with Gasteiger partial charge < -0.3 is 14.2 Å². The van der Waals surface area contributed by atoms with Gasteiger partial charge in [0.15, 0.2) is 5.41 Å². The summed E-state index contributed by atoms with van der Waals surface area (Å²) < 4.78 is 16.2. The van der Waals surface area contributed by atoms with Crippen LogP contribution in [0.5, 0.6) is 0 Å². The minimum atomic E-state index is -1.37. The van der Waals surface area contributed by atoms with E-state index in [0.29, 0.717) is 19.3 Å². The first-order chi connectivity index (χ1) is 12.1. The maximum Gasteiger partial charge on any atom is 0.325 e. The van der Waals surface area contributed by atoms with Crippen LogP contribution < -0.4 is 0 Å². The Morgan fingerprint density at radius 1 is 1.12 bits per heavy atom. The third kappa shape index (κ3) is 4.03. The quantitative estimate of drug-likeness (QED) is 0.426. The predicted molar refractivity (Wildman–Crippen MR) is 93.9 cm³/mol. The maximum atomic E-state index is 12.6. The second-order valence-electron chi connectivity index (χ2n) is 6.51. The van der Waals surface area contributed by atoms with Crippen molar-refractivity contribution >= 4 is 11.9 Å². The fourth-order valence-electron chi connectivity index (χ4n) is 3.62. The van der Waals surface area contributed by atoms with E-state index in [4.69, 9.17) is 14.2 Å². The molecule has 1 heterocycles. The van der Waals surface area contributed by atoms with E-state index >= 15 is 0 Å². The minimum absolute atomic E-state index is 0.129. The number of hydrogen-bond acceptors (Lipinski definition) is 5. The molecule has 0 saturated carbocycles. The number of ether oxygens (including phenoxy) is 3. The van der Waals surface area contributed by atoms with Crippen LogP contribution >= 0.6 is 0 Å². The van der Waals surface area contributed by atoms with Gasteiger partial charge in [0.2, 0.25) is 0 Å². The molecule has 0 radical (unpaired) electrons. The summed E-state index contributed by atoms with van der Waals surface area (Å²) in [6.45, 7) is 2.11. The molecule has 138 valence electrons. The van der Waals surface area contributed by atoms with Crippen LogP contribution in [0.4, 0.5) is 0 Å². The molecule has 1 aromatic rings. The van der Waals surface area contributed by atoms with Crippen molar-refractivity contribution in [3.63, 3.8) is 0 Å². The Morgan fingerprint density at radius 2 is 1.76 bits per heavy atom. The van der Waals surface area contributed by atoms with Gasteiger partial charge >= 0.3 is 11.9 Å². The van der Waals surface area contributed by atoms with Gasteiger partial charge in [-0.15, -0.1) is 0 Å². The Kier molecular flexibility index (Phi) is 7.00. The van der Waals surface area contributed by atoms with Crippen molar-refractivity contribution in [3.05, 3.63) is 35.9 Å². The number of carbonyl (C=O) groups is 2. The van der Waals surface area contributed by atoms with Crippen molar-refractivity contribution in [3.8, 4) is 0 Å². The van der Waals surface area contributed by atoms with E-state index in [0.717, 1.165) is 24.8 Å². The molecule has 0 aromatic heterocycles. The van der Waals surface area contributed by atoms with Crippen molar-refractivity contribution in [2.75, 3.05) is 14.2 Å². The Labute approximate surface area is 149 Å². The molecule has 1 aliphatic rings. The predicted octanol–water partition coefficient (Wildman–Crippen LogP) is 3.82. The molecule has 0 unspecified atom stereocenters. The first-order valence-electron chi connectivity index (χ1n) is 8.97. The van der Waals surface area contributed by atoms with E-state index in [-0.39, 0.29) is 6.10 Å². The van der Waals surface area contributed by atoms with Crippen LogP contribution in [0.3, 0.4) is 0 Å². The van der Waals surface area contributed by atoms with E-state index in [1.807, 2.05) is 30.3 Å². The number of esters is 2. The molecule has 5 heteroatoms. The summed E-state index contributed by atoms with van der Waals surface area (Å²) in [4.78, 5) is 25.1. The lowest BCUT2D eigenvalue weighted by atomic mass is 9.72. The highest BCUT2D eigenvalue weighted by Gasteiger charge is 2.57. The lowest BCUT2D eigenvalue weighted by molar-refractivity contribution is -0.198. The molecule has 1 saturated heterocycles. The molecule has 5 nitrogen and oxygen atoms in total. The Balaban J connectivity index is 2.31. The van der Waals surface area contributed by atoms with Crippen LogP contribution in [0.1, 0.15) is 57.1 Å². The molecule has 0 N–H and O–H groups in total. The molecule has 2 atom stereocenters. The molecule has 1 aliphatic heterocycles. The van der Waals surface area contributed by atoms with Crippen LogP contribution in [0.25, 0.3) is 0 Å². The van der Waals surface area contributed by atoms with E-state index < -0.39 is 23.5 Å². The van der Waals surface area contributed by atoms with Gasteiger partial charge in [0.25, 0.3) is 0 Å². The standard InChI is InChI=1S/C20H28O5/c1-4-5-7-12-17-20(18(21)23-2,19(22)24-3)14-13-16(25-17)15-10-8-6-9-11-15/h6,8-11,16-17H,4-5,7,12-14H2,1-3H3/t16-,17-/m1/s1. The lowest BCUT2D eigenvalue weighted by Crippen LogP contribution is -2.54. The number of rotatable bonds is 7. The van der Waals surface area contributed by atoms with Gasteiger partial charge in [-0.3, -0.25) is 9.59 Å². The molecule has 1 aromatic carbocycles. The summed E-state index contributed by atoms with van der Waals surface area (Å²) in [5, 5.41) is 0. The number of hydrogen-bond donors (Lipinski definition) is 0. The second kappa shape index (κ2) is 8.99. The lowest BCUT2D eigenvalue weighted by Gasteiger charge is -2.42. The minimum Gasteiger partial charge on any atom is -0.468 e. The summed E-state index contributed by atoms with van der Waals surface area (Å²) in [7, 11) is 2.61. The third-order valence-corrected chi connectivity index (χ3v) is 5.02. The van der Waals surface area contributed by atoms with E-state index in [2.05, 4.69) is 6.92 Å². The van der Waals surface area contributed by atoms with Gasteiger partial charge in [-0.2, -0.15) is 0 Å². The van der Waals surface area contributed by atoms with Crippen molar-refractivity contribution < 1.29 is 23.8 Å². The second-order valence-corrected chi connectivity index (χ2v) is 6.51. The number of methoxy groups -OCH3 is 2. The normalized spacial score (nSPS) is 22.2. The van der Waals surface area contributed by atoms with Gasteiger partial charge in [-0.1, -0.05) is 56.5 Å². The zero-order chi connectivity index (χ0) is 18.3. The average Bonchev–Trinajstić information content (AvgIpc) is 2.67. The maximum absolute atomic E-state index is 12.6. The Hall–Kier alpha value is -1.88. The van der Waals surface area contributed by atoms with Crippen molar-refractivity contribution in [2.24, 2.45) is 5.41 Å². The van der Waals surface area contributed by atoms with Crippen LogP contribution in [-0.2, 0) is 23.8 Å². The van der Waals surface area contributed by atoms with Gasteiger partial charge in [-0.25, -0.2) is 0 Å². The molecular formula is C20H28O5. The third-order valence-electron chi connectivity index (χ3n) is 5.02. The monoisotopic (exact) mass is 348 g/mol. The molecular weight excluding hydrogens is 320 g/mol. The topological polar surface area (TPSA) is 61.8 Å². The van der Waals surface area contributed by atoms with Crippen LogP contribution in [0.2, 0.25) is 0 Å². The average molecular weight is 348 g/mol. The molecule has 0 bridgehead atoms. The number of carbonyl (C=O) groups excluding carboxylic acids is 2. The summed E-state index contributed by atoms with van der Waals surface area (Å²) in [5.74, 6) is -1.13. The fraction of sp³-hybridized carbons (Fsp3) is 0.600. The molecule has 0 aliphatic carbocycles. The highest BCUT2D eigenvalue weighted by Crippen LogP contribution is 2.45. The first-order valence-corrected chi connectivity index (χ1v) is 8.97. The summed E-state index contributed by atoms with van der Waals surface area (Å²) in [5.41, 5.74) is -0.311. The first kappa shape index (κ1) is 19.4. The zero-order valence-electron chi connectivity index (χ0n) is 15.3. The number of unbranched alkanes of at least 4 members (excludes halogenated alkanes) is 2. The smallest absolute Gasteiger partial charge is 0.325 e. The summed E-state index contributed by atoms with van der Waals surface area (Å²) >= 11 is 0. The van der Waals surface area contributed by atoms with Gasteiger partial charge in [-0.05, 0) is 24.8 Å². The SMILES string of the molecule is CCCCC[C@H]1O[C@@H](c2ccccc2)CCC1(C(=O)OC)C(=O)OC. The van der Waals surface area contributed by atoms with Crippen LogP contribution in [0, 0.1) is 5.41 Å². The van der Waals surface area contributed by atoms with Gasteiger partial charge in [0.1, 0.15) is 0 Å². The van der Waals surface area contributed by atoms with E-state index in [1.165, 1.54) is 14.2 Å². The summed E-state index contributed by atoms with van der Waals surface area (Å²) in [6, 6.07) is 9.91. The highest BCUT2D eigenvalue weighted by atomic mass is 16.6. The van der Waals surface area contributed by atoms with Crippen LogP contribution in [-0.4, -0.2) is 32.3 Å². The number of benzene rings is 1. The zero-order valence-corrected chi connectivity index (χ0v) is 15.3. The molecule has 1 fully saturated rings. The largest absolute Gasteiger partial charge is 0.468 e. The molecule has 25 heavy (non-hydrogen) atoms. The Morgan fingerprint density at radius 3 is 2.32 bits per heavy atom. The van der Waals surface area contributed by atoms with Crippen molar-refractivity contribution in [2.45, 2.75) is 57.7 Å². The van der Waals surface area contributed by atoms with Gasteiger partial charge in [0.05, 0.1) is 26.4 Å². The van der Waals surface area contributed by atoms with Crippen molar-refractivity contribution in [1.29, 1.82) is 0 Å². The summed E-state index contributed by atoms with van der Waals surface area (Å²) in [6.07, 6.45) is 3.85. The van der Waals surface area contributed by atoms with E-state index in [9.17, 15) is 9.59 Å². The Bertz CT molecular complexity index is 553. The van der Waals surface area contributed by atoms with Crippen LogP contribution in [0.15, 0.2) is 30.3 Å². The van der Waals surface area contributed by atoms with Gasteiger partial charge in [0, 0.05) is 0 Å².